The average molecular weight is 376 g/mol. The Kier molecular flexibility index (Phi) is 4.77. The molecule has 0 aliphatic heterocycles. The second-order valence-electron chi connectivity index (χ2n) is 7.21. The van der Waals surface area contributed by atoms with Crippen LogP contribution in [0.3, 0.4) is 0 Å². The Morgan fingerprint density at radius 2 is 1.64 bits per heavy atom. The van der Waals surface area contributed by atoms with Crippen LogP contribution in [0.5, 0.6) is 0 Å². The van der Waals surface area contributed by atoms with Gasteiger partial charge in [0, 0.05) is 23.6 Å². The SMILES string of the molecule is O=C1CCC[C@@H]([C@H](NC(=O)c2c3ccccc3nc3ccccc23)C(=O)O)C1. The number of carbonyl (C=O) groups is 3. The number of carbonyl (C=O) groups excluding carboxylic acids is 2. The number of fused-ring (bicyclic) bond motifs is 2. The molecule has 1 aliphatic rings. The van der Waals surface area contributed by atoms with Crippen molar-refractivity contribution in [2.24, 2.45) is 5.92 Å². The van der Waals surface area contributed by atoms with Crippen LogP contribution in [0, 0.1) is 5.92 Å². The first-order chi connectivity index (χ1) is 13.5. The van der Waals surface area contributed by atoms with E-state index in [0.717, 1.165) is 0 Å². The molecule has 3 aromatic rings. The number of Topliss-reactive ketones (excluding diaryl/α,β-unsaturated/α-hetero) is 1. The van der Waals surface area contributed by atoms with E-state index in [-0.39, 0.29) is 18.1 Å². The number of aromatic nitrogens is 1. The lowest BCUT2D eigenvalue weighted by molar-refractivity contribution is -0.141. The summed E-state index contributed by atoms with van der Waals surface area (Å²) in [5, 5.41) is 13.7. The zero-order valence-electron chi connectivity index (χ0n) is 15.2. The van der Waals surface area contributed by atoms with Crippen molar-refractivity contribution in [3.05, 3.63) is 54.1 Å². The molecule has 2 aromatic carbocycles. The maximum absolute atomic E-state index is 13.2. The zero-order chi connectivity index (χ0) is 19.7. The molecular weight excluding hydrogens is 356 g/mol. The summed E-state index contributed by atoms with van der Waals surface area (Å²) in [5.41, 5.74) is 1.76. The van der Waals surface area contributed by atoms with Crippen LogP contribution in [0.2, 0.25) is 0 Å². The Balaban J connectivity index is 1.76. The number of carboxylic acid groups (broad SMARTS) is 1. The summed E-state index contributed by atoms with van der Waals surface area (Å²) >= 11 is 0. The van der Waals surface area contributed by atoms with Gasteiger partial charge >= 0.3 is 5.97 Å². The van der Waals surface area contributed by atoms with Gasteiger partial charge in [-0.1, -0.05) is 36.4 Å². The molecule has 142 valence electrons. The van der Waals surface area contributed by atoms with Gasteiger partial charge in [-0.3, -0.25) is 9.59 Å². The molecule has 1 saturated carbocycles. The number of carboxylic acids is 1. The van der Waals surface area contributed by atoms with Gasteiger partial charge in [0.1, 0.15) is 11.8 Å². The maximum atomic E-state index is 13.2. The van der Waals surface area contributed by atoms with Crippen molar-refractivity contribution in [2.45, 2.75) is 31.7 Å². The summed E-state index contributed by atoms with van der Waals surface area (Å²) in [5.74, 6) is -1.91. The second-order valence-corrected chi connectivity index (χ2v) is 7.21. The number of pyridine rings is 1. The molecule has 0 spiro atoms. The van der Waals surface area contributed by atoms with E-state index >= 15 is 0 Å². The van der Waals surface area contributed by atoms with E-state index in [1.807, 2.05) is 48.5 Å². The number of hydrogen-bond donors (Lipinski definition) is 2. The predicted octanol–water partition coefficient (Wildman–Crippen LogP) is 3.33. The summed E-state index contributed by atoms with van der Waals surface area (Å²) in [7, 11) is 0. The Morgan fingerprint density at radius 1 is 1.04 bits per heavy atom. The van der Waals surface area contributed by atoms with Crippen molar-refractivity contribution in [1.29, 1.82) is 0 Å². The molecular formula is C22H20N2O4. The van der Waals surface area contributed by atoms with Crippen LogP contribution in [-0.4, -0.2) is 33.8 Å². The number of hydrogen-bond acceptors (Lipinski definition) is 4. The lowest BCUT2D eigenvalue weighted by Gasteiger charge is -2.27. The van der Waals surface area contributed by atoms with E-state index in [4.69, 9.17) is 0 Å². The van der Waals surface area contributed by atoms with Crippen LogP contribution in [0.25, 0.3) is 21.8 Å². The number of benzene rings is 2. The molecule has 4 rings (SSSR count). The van der Waals surface area contributed by atoms with E-state index in [0.29, 0.717) is 46.6 Å². The normalized spacial score (nSPS) is 18.1. The van der Waals surface area contributed by atoms with E-state index in [1.165, 1.54) is 0 Å². The minimum atomic E-state index is -1.12. The first kappa shape index (κ1) is 18.1. The third-order valence-corrected chi connectivity index (χ3v) is 5.36. The molecule has 28 heavy (non-hydrogen) atoms. The molecule has 6 heteroatoms. The monoisotopic (exact) mass is 376 g/mol. The van der Waals surface area contributed by atoms with Gasteiger partial charge in [-0.05, 0) is 30.9 Å². The van der Waals surface area contributed by atoms with Crippen molar-refractivity contribution in [3.63, 3.8) is 0 Å². The molecule has 0 bridgehead atoms. The molecule has 0 saturated heterocycles. The van der Waals surface area contributed by atoms with E-state index < -0.39 is 17.9 Å². The van der Waals surface area contributed by atoms with Gasteiger partial charge < -0.3 is 10.4 Å². The number of rotatable bonds is 4. The van der Waals surface area contributed by atoms with Crippen LogP contribution in [0.4, 0.5) is 0 Å². The van der Waals surface area contributed by atoms with Gasteiger partial charge in [-0.2, -0.15) is 0 Å². The van der Waals surface area contributed by atoms with Gasteiger partial charge in [-0.25, -0.2) is 9.78 Å². The molecule has 1 heterocycles. The molecule has 6 nitrogen and oxygen atoms in total. The largest absolute Gasteiger partial charge is 0.480 e. The van der Waals surface area contributed by atoms with Gasteiger partial charge in [0.2, 0.25) is 0 Å². The van der Waals surface area contributed by atoms with Crippen molar-refractivity contribution in [1.82, 2.24) is 10.3 Å². The molecule has 1 amide bonds. The number of aliphatic carboxylic acids is 1. The molecule has 0 unspecified atom stereocenters. The molecule has 1 aliphatic carbocycles. The summed E-state index contributed by atoms with van der Waals surface area (Å²) in [6, 6.07) is 13.5. The van der Waals surface area contributed by atoms with Gasteiger partial charge in [0.05, 0.1) is 16.6 Å². The first-order valence-electron chi connectivity index (χ1n) is 9.37. The smallest absolute Gasteiger partial charge is 0.326 e. The van der Waals surface area contributed by atoms with Crippen LogP contribution >= 0.6 is 0 Å². The fourth-order valence-electron chi connectivity index (χ4n) is 4.02. The third-order valence-electron chi connectivity index (χ3n) is 5.36. The Hall–Kier alpha value is -3.28. The Labute approximate surface area is 161 Å². The van der Waals surface area contributed by atoms with Crippen LogP contribution in [0.1, 0.15) is 36.0 Å². The molecule has 1 fully saturated rings. The standard InChI is InChI=1S/C22H20N2O4/c25-14-7-5-6-13(12-14)20(22(27)28)24-21(26)19-15-8-1-3-10-17(15)23-18-11-4-2-9-16(18)19/h1-4,8-11,13,20H,5-7,12H2,(H,24,26)(H,27,28)/t13-,20+/m1/s1. The minimum Gasteiger partial charge on any atom is -0.480 e. The fourth-order valence-corrected chi connectivity index (χ4v) is 4.02. The predicted molar refractivity (Wildman–Crippen MR) is 105 cm³/mol. The topological polar surface area (TPSA) is 96.4 Å². The molecule has 0 radical (unpaired) electrons. The summed E-state index contributed by atoms with van der Waals surface area (Å²) in [6.07, 6.45) is 1.94. The summed E-state index contributed by atoms with van der Waals surface area (Å²) < 4.78 is 0. The summed E-state index contributed by atoms with van der Waals surface area (Å²) in [4.78, 5) is 41.5. The van der Waals surface area contributed by atoms with Crippen LogP contribution in [-0.2, 0) is 9.59 Å². The fraction of sp³-hybridized carbons (Fsp3) is 0.273. The molecule has 1 aromatic heterocycles. The van der Waals surface area contributed by atoms with E-state index in [9.17, 15) is 19.5 Å². The Morgan fingerprint density at radius 3 is 2.21 bits per heavy atom. The number of nitrogens with zero attached hydrogens (tertiary/aromatic N) is 1. The van der Waals surface area contributed by atoms with Gasteiger partial charge in [-0.15, -0.1) is 0 Å². The lowest BCUT2D eigenvalue weighted by atomic mass is 9.83. The highest BCUT2D eigenvalue weighted by molar-refractivity contribution is 6.16. The lowest BCUT2D eigenvalue weighted by Crippen LogP contribution is -2.47. The van der Waals surface area contributed by atoms with Crippen LogP contribution in [0.15, 0.2) is 48.5 Å². The highest BCUT2D eigenvalue weighted by Crippen LogP contribution is 2.28. The average Bonchev–Trinajstić information content (AvgIpc) is 2.69. The van der Waals surface area contributed by atoms with Crippen molar-refractivity contribution < 1.29 is 19.5 Å². The van der Waals surface area contributed by atoms with E-state index in [1.54, 1.807) is 0 Å². The van der Waals surface area contributed by atoms with E-state index in [2.05, 4.69) is 10.3 Å². The molecule has 2 atom stereocenters. The zero-order valence-corrected chi connectivity index (χ0v) is 15.2. The third kappa shape index (κ3) is 3.33. The molecule has 2 N–H and O–H groups in total. The number of para-hydroxylation sites is 2. The maximum Gasteiger partial charge on any atom is 0.326 e. The first-order valence-corrected chi connectivity index (χ1v) is 9.37. The van der Waals surface area contributed by atoms with Gasteiger partial charge in [0.25, 0.3) is 5.91 Å². The highest BCUT2D eigenvalue weighted by Gasteiger charge is 2.34. The quantitative estimate of drug-likeness (QED) is 0.681. The van der Waals surface area contributed by atoms with Crippen molar-refractivity contribution in [2.75, 3.05) is 0 Å². The number of ketones is 1. The van der Waals surface area contributed by atoms with Crippen molar-refractivity contribution in [3.8, 4) is 0 Å². The van der Waals surface area contributed by atoms with Crippen molar-refractivity contribution >= 4 is 39.5 Å². The Bertz CT molecular complexity index is 1040. The summed E-state index contributed by atoms with van der Waals surface area (Å²) in [6.45, 7) is 0. The number of nitrogens with one attached hydrogen (secondary N) is 1. The van der Waals surface area contributed by atoms with Gasteiger partial charge in [0.15, 0.2) is 0 Å². The second kappa shape index (κ2) is 7.38. The highest BCUT2D eigenvalue weighted by atomic mass is 16.4. The van der Waals surface area contributed by atoms with Crippen LogP contribution < -0.4 is 5.32 Å². The number of amides is 1. The minimum absolute atomic E-state index is 0.0524.